The predicted molar refractivity (Wildman–Crippen MR) is 92.9 cm³/mol. The van der Waals surface area contributed by atoms with Gasteiger partial charge >= 0.3 is 0 Å². The van der Waals surface area contributed by atoms with E-state index in [4.69, 9.17) is 4.98 Å². The Morgan fingerprint density at radius 2 is 2.21 bits per heavy atom. The number of pyridine rings is 1. The Kier molecular flexibility index (Phi) is 3.01. The second kappa shape index (κ2) is 5.23. The highest BCUT2D eigenvalue weighted by Crippen LogP contribution is 2.32. The maximum Gasteiger partial charge on any atom is 0.267 e. The molecular weight excluding hydrogens is 300 g/mol. The highest BCUT2D eigenvalue weighted by atomic mass is 16.2. The van der Waals surface area contributed by atoms with Crippen molar-refractivity contribution in [2.45, 2.75) is 32.2 Å². The molecule has 0 radical (unpaired) electrons. The number of nitrogens with zero attached hydrogens (tertiary/aromatic N) is 2. The van der Waals surface area contributed by atoms with Gasteiger partial charge in [-0.3, -0.25) is 4.79 Å². The first kappa shape index (κ1) is 13.8. The summed E-state index contributed by atoms with van der Waals surface area (Å²) >= 11 is 0. The molecule has 2 N–H and O–H groups in total. The molecule has 3 aromatic rings. The van der Waals surface area contributed by atoms with Gasteiger partial charge in [-0.1, -0.05) is 19.3 Å². The molecule has 1 amide bonds. The van der Waals surface area contributed by atoms with Crippen molar-refractivity contribution in [1.82, 2.24) is 19.9 Å². The molecule has 0 atom stereocenters. The average molecular weight is 320 g/mol. The van der Waals surface area contributed by atoms with Gasteiger partial charge < -0.3 is 14.9 Å². The zero-order valence-electron chi connectivity index (χ0n) is 13.5. The molecule has 2 aliphatic rings. The summed E-state index contributed by atoms with van der Waals surface area (Å²) in [6, 6.07) is 6.29. The molecule has 122 valence electrons. The molecule has 4 heterocycles. The predicted octanol–water partition coefficient (Wildman–Crippen LogP) is 3.12. The van der Waals surface area contributed by atoms with E-state index in [0.717, 1.165) is 46.7 Å². The van der Waals surface area contributed by atoms with Gasteiger partial charge in [0.1, 0.15) is 11.3 Å². The quantitative estimate of drug-likeness (QED) is 0.779. The van der Waals surface area contributed by atoms with E-state index in [2.05, 4.69) is 28.6 Å². The van der Waals surface area contributed by atoms with E-state index in [9.17, 15) is 4.79 Å². The molecule has 1 saturated carbocycles. The van der Waals surface area contributed by atoms with Gasteiger partial charge in [0.25, 0.3) is 5.91 Å². The van der Waals surface area contributed by atoms with Crippen LogP contribution in [0.25, 0.3) is 22.2 Å². The molecule has 1 aliphatic heterocycles. The van der Waals surface area contributed by atoms with Crippen LogP contribution in [-0.4, -0.2) is 27.0 Å². The molecule has 24 heavy (non-hydrogen) atoms. The van der Waals surface area contributed by atoms with Crippen molar-refractivity contribution < 1.29 is 4.79 Å². The number of hydrogen-bond acceptors (Lipinski definition) is 2. The lowest BCUT2D eigenvalue weighted by Crippen LogP contribution is -2.34. The third kappa shape index (κ3) is 2.15. The lowest BCUT2D eigenvalue weighted by molar-refractivity contribution is 0.0928. The Morgan fingerprint density at radius 3 is 3.00 bits per heavy atom. The number of carbonyl (C=O) groups is 1. The summed E-state index contributed by atoms with van der Waals surface area (Å²) in [4.78, 5) is 20.1. The number of aromatic amines is 1. The standard InChI is InChI=1S/C19H20N4O/c24-19-17-9-13(11-23(17)7-6-20-19)16-10-21-18-15(16)5-4-14(22-18)8-12-2-1-3-12/h4-5,9-12H,1-3,6-8H2,(H,20,24)(H,21,22). The monoisotopic (exact) mass is 320 g/mol. The molecule has 5 heteroatoms. The van der Waals surface area contributed by atoms with Crippen LogP contribution in [0.2, 0.25) is 0 Å². The van der Waals surface area contributed by atoms with Gasteiger partial charge in [-0.2, -0.15) is 0 Å². The fourth-order valence-corrected chi connectivity index (χ4v) is 3.80. The fraction of sp³-hybridized carbons (Fsp3) is 0.368. The van der Waals surface area contributed by atoms with Crippen LogP contribution in [0.3, 0.4) is 0 Å². The molecule has 0 spiro atoms. The van der Waals surface area contributed by atoms with E-state index >= 15 is 0 Å². The van der Waals surface area contributed by atoms with Gasteiger partial charge in [-0.25, -0.2) is 4.98 Å². The maximum atomic E-state index is 12.0. The first-order chi connectivity index (χ1) is 11.8. The SMILES string of the molecule is O=C1NCCn2cc(-c3c[nH]c4nc(CC5CCC5)ccc34)cc21. The normalized spacial score (nSPS) is 17.6. The number of carbonyl (C=O) groups excluding carboxylic acids is 1. The van der Waals surface area contributed by atoms with Crippen LogP contribution in [0.4, 0.5) is 0 Å². The minimum atomic E-state index is 0.00764. The Labute approximate surface area is 140 Å². The van der Waals surface area contributed by atoms with Gasteiger partial charge in [-0.15, -0.1) is 0 Å². The minimum Gasteiger partial charge on any atom is -0.349 e. The van der Waals surface area contributed by atoms with Crippen molar-refractivity contribution in [2.24, 2.45) is 5.92 Å². The molecule has 1 fully saturated rings. The van der Waals surface area contributed by atoms with E-state index in [0.29, 0.717) is 6.54 Å². The summed E-state index contributed by atoms with van der Waals surface area (Å²) in [5.74, 6) is 0.828. The van der Waals surface area contributed by atoms with E-state index in [-0.39, 0.29) is 5.91 Å². The van der Waals surface area contributed by atoms with Crippen LogP contribution in [0.15, 0.2) is 30.6 Å². The summed E-state index contributed by atoms with van der Waals surface area (Å²) in [6.07, 6.45) is 9.21. The van der Waals surface area contributed by atoms with E-state index < -0.39 is 0 Å². The van der Waals surface area contributed by atoms with Gasteiger partial charge in [-0.05, 0) is 30.5 Å². The highest BCUT2D eigenvalue weighted by molar-refractivity contribution is 5.98. The van der Waals surface area contributed by atoms with Gasteiger partial charge in [0, 0.05) is 47.7 Å². The largest absolute Gasteiger partial charge is 0.349 e. The number of hydrogen-bond donors (Lipinski definition) is 2. The topological polar surface area (TPSA) is 62.7 Å². The number of H-pyrrole nitrogens is 1. The fourth-order valence-electron chi connectivity index (χ4n) is 3.80. The zero-order valence-corrected chi connectivity index (χ0v) is 13.5. The number of fused-ring (bicyclic) bond motifs is 2. The van der Waals surface area contributed by atoms with Crippen molar-refractivity contribution in [1.29, 1.82) is 0 Å². The third-order valence-electron chi connectivity index (χ3n) is 5.40. The second-order valence-electron chi connectivity index (χ2n) is 6.97. The second-order valence-corrected chi connectivity index (χ2v) is 6.97. The number of nitrogens with one attached hydrogen (secondary N) is 2. The average Bonchev–Trinajstić information content (AvgIpc) is 3.14. The summed E-state index contributed by atoms with van der Waals surface area (Å²) in [7, 11) is 0. The van der Waals surface area contributed by atoms with Crippen molar-refractivity contribution in [2.75, 3.05) is 6.54 Å². The Balaban J connectivity index is 1.52. The summed E-state index contributed by atoms with van der Waals surface area (Å²) in [6.45, 7) is 1.52. The number of amides is 1. The van der Waals surface area contributed by atoms with Crippen LogP contribution in [0.5, 0.6) is 0 Å². The lowest BCUT2D eigenvalue weighted by atomic mass is 9.82. The van der Waals surface area contributed by atoms with Gasteiger partial charge in [0.05, 0.1) is 0 Å². The Morgan fingerprint density at radius 1 is 1.29 bits per heavy atom. The first-order valence-electron chi connectivity index (χ1n) is 8.74. The van der Waals surface area contributed by atoms with Crippen molar-refractivity contribution >= 4 is 16.9 Å². The Hall–Kier alpha value is -2.56. The summed E-state index contributed by atoms with van der Waals surface area (Å²) in [5.41, 5.74) is 5.04. The number of rotatable bonds is 3. The van der Waals surface area contributed by atoms with E-state index in [1.54, 1.807) is 0 Å². The highest BCUT2D eigenvalue weighted by Gasteiger charge is 2.21. The smallest absolute Gasteiger partial charge is 0.267 e. The van der Waals surface area contributed by atoms with Crippen molar-refractivity contribution in [3.05, 3.63) is 42.0 Å². The number of aromatic nitrogens is 3. The van der Waals surface area contributed by atoms with E-state index in [1.165, 1.54) is 25.0 Å². The zero-order chi connectivity index (χ0) is 16.1. The Bertz CT molecular complexity index is 932. The molecule has 3 aromatic heterocycles. The molecular formula is C19H20N4O. The maximum absolute atomic E-state index is 12.0. The van der Waals surface area contributed by atoms with Gasteiger partial charge in [0.2, 0.25) is 0 Å². The van der Waals surface area contributed by atoms with E-state index in [1.807, 2.05) is 16.8 Å². The molecule has 0 aromatic carbocycles. The van der Waals surface area contributed by atoms with Crippen LogP contribution >= 0.6 is 0 Å². The third-order valence-corrected chi connectivity index (χ3v) is 5.40. The molecule has 0 bridgehead atoms. The minimum absolute atomic E-state index is 0.00764. The van der Waals surface area contributed by atoms with Crippen molar-refractivity contribution in [3.63, 3.8) is 0 Å². The molecule has 0 saturated heterocycles. The van der Waals surface area contributed by atoms with Crippen LogP contribution in [0.1, 0.15) is 35.4 Å². The summed E-state index contributed by atoms with van der Waals surface area (Å²) in [5, 5.41) is 4.01. The molecule has 5 rings (SSSR count). The van der Waals surface area contributed by atoms with Crippen molar-refractivity contribution in [3.8, 4) is 11.1 Å². The summed E-state index contributed by atoms with van der Waals surface area (Å²) < 4.78 is 2.03. The molecule has 5 nitrogen and oxygen atoms in total. The molecule has 1 aliphatic carbocycles. The van der Waals surface area contributed by atoms with Gasteiger partial charge in [0.15, 0.2) is 0 Å². The van der Waals surface area contributed by atoms with Crippen LogP contribution in [0, 0.1) is 5.92 Å². The first-order valence-corrected chi connectivity index (χ1v) is 8.74. The molecule has 0 unspecified atom stereocenters. The van der Waals surface area contributed by atoms with Crippen LogP contribution < -0.4 is 5.32 Å². The lowest BCUT2D eigenvalue weighted by Gasteiger charge is -2.24. The van der Waals surface area contributed by atoms with Crippen LogP contribution in [-0.2, 0) is 13.0 Å².